The molecule has 0 radical (unpaired) electrons. The summed E-state index contributed by atoms with van der Waals surface area (Å²) in [5.41, 5.74) is 4.46. The summed E-state index contributed by atoms with van der Waals surface area (Å²) in [7, 11) is 0. The number of hydrogen-bond acceptors (Lipinski definition) is 3. The van der Waals surface area contributed by atoms with E-state index in [4.69, 9.17) is 4.74 Å². The van der Waals surface area contributed by atoms with Gasteiger partial charge in [0.25, 0.3) is 0 Å². The molecule has 0 bridgehead atoms. The zero-order valence-electron chi connectivity index (χ0n) is 12.1. The van der Waals surface area contributed by atoms with Gasteiger partial charge in [0.2, 0.25) is 0 Å². The molecule has 116 valence electrons. The van der Waals surface area contributed by atoms with Gasteiger partial charge in [-0.25, -0.2) is 4.39 Å². The molecule has 0 atom stereocenters. The minimum absolute atomic E-state index is 0.0901. The van der Waals surface area contributed by atoms with E-state index in [9.17, 15) is 4.39 Å². The lowest BCUT2D eigenvalue weighted by atomic mass is 10.2. The zero-order chi connectivity index (χ0) is 16.1. The van der Waals surface area contributed by atoms with Crippen molar-refractivity contribution in [3.05, 3.63) is 56.7 Å². The van der Waals surface area contributed by atoms with Crippen LogP contribution in [0.1, 0.15) is 19.4 Å². The van der Waals surface area contributed by atoms with Crippen molar-refractivity contribution in [2.75, 3.05) is 5.43 Å². The quantitative estimate of drug-likeness (QED) is 0.496. The van der Waals surface area contributed by atoms with Crippen molar-refractivity contribution in [2.24, 2.45) is 5.10 Å². The Hall–Kier alpha value is -1.40. The highest BCUT2D eigenvalue weighted by Crippen LogP contribution is 2.35. The number of nitrogens with zero attached hydrogens (tertiary/aromatic N) is 1. The molecule has 22 heavy (non-hydrogen) atoms. The zero-order valence-corrected chi connectivity index (χ0v) is 15.3. The smallest absolute Gasteiger partial charge is 0.148 e. The van der Waals surface area contributed by atoms with E-state index < -0.39 is 0 Å². The fraction of sp³-hybridized carbons (Fsp3) is 0.188. The molecule has 0 fully saturated rings. The molecule has 0 amide bonds. The van der Waals surface area contributed by atoms with Crippen LogP contribution in [0.3, 0.4) is 0 Å². The molecule has 0 saturated carbocycles. The molecule has 2 aromatic rings. The Morgan fingerprint density at radius 3 is 2.27 bits per heavy atom. The standard InChI is InChI=1S/C16H15Br2FN2O/c1-10(2)22-16-14(17)7-11(8-15(16)18)9-20-21-13-5-3-12(19)4-6-13/h3-10,21H,1-2H3/b20-9+. The number of anilines is 1. The summed E-state index contributed by atoms with van der Waals surface area (Å²) in [5.74, 6) is 0.488. The topological polar surface area (TPSA) is 33.6 Å². The highest BCUT2D eigenvalue weighted by Gasteiger charge is 2.09. The molecule has 0 unspecified atom stereocenters. The maximum Gasteiger partial charge on any atom is 0.148 e. The fourth-order valence-electron chi connectivity index (χ4n) is 1.71. The van der Waals surface area contributed by atoms with E-state index in [2.05, 4.69) is 42.4 Å². The second kappa shape index (κ2) is 7.74. The summed E-state index contributed by atoms with van der Waals surface area (Å²) in [6.45, 7) is 3.95. The lowest BCUT2D eigenvalue weighted by Gasteiger charge is -2.13. The van der Waals surface area contributed by atoms with Crippen LogP contribution in [0.15, 0.2) is 50.4 Å². The van der Waals surface area contributed by atoms with Gasteiger partial charge in [-0.3, -0.25) is 5.43 Å². The molecule has 2 aromatic carbocycles. The van der Waals surface area contributed by atoms with Crippen LogP contribution < -0.4 is 10.2 Å². The SMILES string of the molecule is CC(C)Oc1c(Br)cc(/C=N/Nc2ccc(F)cc2)cc1Br. The van der Waals surface area contributed by atoms with Crippen LogP contribution in [-0.4, -0.2) is 12.3 Å². The van der Waals surface area contributed by atoms with E-state index in [1.807, 2.05) is 26.0 Å². The van der Waals surface area contributed by atoms with Gasteiger partial charge >= 0.3 is 0 Å². The number of rotatable bonds is 5. The van der Waals surface area contributed by atoms with E-state index >= 15 is 0 Å². The molecule has 2 rings (SSSR count). The average molecular weight is 430 g/mol. The Kier molecular flexibility index (Phi) is 5.97. The van der Waals surface area contributed by atoms with Crippen LogP contribution in [0.25, 0.3) is 0 Å². The molecular formula is C16H15Br2FN2O. The van der Waals surface area contributed by atoms with Gasteiger partial charge < -0.3 is 4.74 Å². The van der Waals surface area contributed by atoms with Crippen LogP contribution in [0.4, 0.5) is 10.1 Å². The second-order valence-corrected chi connectivity index (χ2v) is 6.57. The Labute approximate surface area is 145 Å². The monoisotopic (exact) mass is 428 g/mol. The first-order valence-electron chi connectivity index (χ1n) is 6.66. The number of benzene rings is 2. The van der Waals surface area contributed by atoms with Crippen molar-refractivity contribution in [2.45, 2.75) is 20.0 Å². The van der Waals surface area contributed by atoms with Gasteiger partial charge in [0.1, 0.15) is 11.6 Å². The van der Waals surface area contributed by atoms with Crippen LogP contribution >= 0.6 is 31.9 Å². The number of hydrogen-bond donors (Lipinski definition) is 1. The molecule has 0 aliphatic heterocycles. The van der Waals surface area contributed by atoms with E-state index in [1.165, 1.54) is 12.1 Å². The van der Waals surface area contributed by atoms with Gasteiger partial charge in [0.15, 0.2) is 0 Å². The third-order valence-corrected chi connectivity index (χ3v) is 3.80. The maximum absolute atomic E-state index is 12.8. The molecule has 0 heterocycles. The van der Waals surface area contributed by atoms with Gasteiger partial charge in [-0.2, -0.15) is 5.10 Å². The Bertz CT molecular complexity index is 649. The van der Waals surface area contributed by atoms with Gasteiger partial charge in [0.05, 0.1) is 27.0 Å². The van der Waals surface area contributed by atoms with E-state index in [0.717, 1.165) is 25.9 Å². The van der Waals surface area contributed by atoms with E-state index in [0.29, 0.717) is 0 Å². The number of ether oxygens (including phenoxy) is 1. The molecule has 0 saturated heterocycles. The molecule has 0 spiro atoms. The first kappa shape index (κ1) is 17.0. The second-order valence-electron chi connectivity index (χ2n) is 4.86. The number of hydrazone groups is 1. The van der Waals surface area contributed by atoms with Gasteiger partial charge in [0, 0.05) is 0 Å². The summed E-state index contributed by atoms with van der Waals surface area (Å²) in [6, 6.07) is 9.83. The van der Waals surface area contributed by atoms with Crippen LogP contribution in [0, 0.1) is 5.82 Å². The first-order chi connectivity index (χ1) is 10.5. The molecule has 0 aliphatic carbocycles. The highest BCUT2D eigenvalue weighted by atomic mass is 79.9. The Morgan fingerprint density at radius 1 is 1.14 bits per heavy atom. The summed E-state index contributed by atoms with van der Waals surface area (Å²) in [5, 5.41) is 4.13. The lowest BCUT2D eigenvalue weighted by molar-refractivity contribution is 0.239. The van der Waals surface area contributed by atoms with Crippen LogP contribution in [0.5, 0.6) is 5.75 Å². The molecule has 1 N–H and O–H groups in total. The minimum atomic E-state index is -0.275. The summed E-state index contributed by atoms with van der Waals surface area (Å²) < 4.78 is 20.2. The van der Waals surface area contributed by atoms with Crippen LogP contribution in [-0.2, 0) is 0 Å². The highest BCUT2D eigenvalue weighted by molar-refractivity contribution is 9.11. The molecule has 0 aromatic heterocycles. The summed E-state index contributed by atoms with van der Waals surface area (Å²) >= 11 is 6.99. The Balaban J connectivity index is 2.09. The fourth-order valence-corrected chi connectivity index (χ4v) is 3.12. The van der Waals surface area contributed by atoms with Crippen molar-refractivity contribution >= 4 is 43.8 Å². The minimum Gasteiger partial charge on any atom is -0.489 e. The predicted octanol–water partition coefficient (Wildman–Crippen LogP) is 5.58. The van der Waals surface area contributed by atoms with Gasteiger partial charge in [-0.1, -0.05) is 0 Å². The third kappa shape index (κ3) is 4.81. The van der Waals surface area contributed by atoms with Crippen molar-refractivity contribution in [3.8, 4) is 5.75 Å². The number of halogens is 3. The molecule has 6 heteroatoms. The average Bonchev–Trinajstić information content (AvgIpc) is 2.45. The van der Waals surface area contributed by atoms with E-state index in [-0.39, 0.29) is 11.9 Å². The van der Waals surface area contributed by atoms with Crippen molar-refractivity contribution in [1.29, 1.82) is 0 Å². The van der Waals surface area contributed by atoms with Crippen LogP contribution in [0.2, 0.25) is 0 Å². The van der Waals surface area contributed by atoms with Crippen molar-refractivity contribution in [1.82, 2.24) is 0 Å². The Morgan fingerprint density at radius 2 is 1.73 bits per heavy atom. The lowest BCUT2D eigenvalue weighted by Crippen LogP contribution is -2.06. The normalized spacial score (nSPS) is 11.2. The van der Waals surface area contributed by atoms with Crippen molar-refractivity contribution in [3.63, 3.8) is 0 Å². The first-order valence-corrected chi connectivity index (χ1v) is 8.24. The largest absolute Gasteiger partial charge is 0.489 e. The molecule has 0 aliphatic rings. The van der Waals surface area contributed by atoms with Crippen molar-refractivity contribution < 1.29 is 9.13 Å². The summed E-state index contributed by atoms with van der Waals surface area (Å²) in [4.78, 5) is 0. The van der Waals surface area contributed by atoms with E-state index in [1.54, 1.807) is 18.3 Å². The predicted molar refractivity (Wildman–Crippen MR) is 95.2 cm³/mol. The molecular weight excluding hydrogens is 415 g/mol. The van der Waals surface area contributed by atoms with Gasteiger partial charge in [-0.05, 0) is 87.7 Å². The third-order valence-electron chi connectivity index (χ3n) is 2.63. The summed E-state index contributed by atoms with van der Waals surface area (Å²) in [6.07, 6.45) is 1.77. The maximum atomic E-state index is 12.8. The molecule has 3 nitrogen and oxygen atoms in total. The van der Waals surface area contributed by atoms with Gasteiger partial charge in [-0.15, -0.1) is 0 Å². The number of nitrogens with one attached hydrogen (secondary N) is 1.